The van der Waals surface area contributed by atoms with Crippen LogP contribution >= 0.6 is 0 Å². The quantitative estimate of drug-likeness (QED) is 0.658. The van der Waals surface area contributed by atoms with E-state index in [9.17, 15) is 22.4 Å². The number of amides is 1. The number of pyridine rings is 1. The van der Waals surface area contributed by atoms with Crippen LogP contribution in [-0.2, 0) is 0 Å². The molecule has 2 aromatic rings. The Hall–Kier alpha value is -2.64. The van der Waals surface area contributed by atoms with Gasteiger partial charge in [-0.25, -0.2) is 22.5 Å². The van der Waals surface area contributed by atoms with Gasteiger partial charge in [0.2, 0.25) is 0 Å². The van der Waals surface area contributed by atoms with E-state index in [2.05, 4.69) is 4.98 Å². The molecular formula is C12H7F4N3O. The lowest BCUT2D eigenvalue weighted by atomic mass is 10.2. The van der Waals surface area contributed by atoms with Crippen molar-refractivity contribution in [1.29, 1.82) is 0 Å². The van der Waals surface area contributed by atoms with Crippen molar-refractivity contribution in [3.05, 3.63) is 53.2 Å². The molecule has 0 saturated carbocycles. The van der Waals surface area contributed by atoms with E-state index in [-0.39, 0.29) is 17.4 Å². The summed E-state index contributed by atoms with van der Waals surface area (Å²) in [6.45, 7) is 0. The second-order valence-electron chi connectivity index (χ2n) is 3.73. The van der Waals surface area contributed by atoms with Crippen LogP contribution in [0.3, 0.4) is 0 Å². The molecule has 104 valence electrons. The molecule has 2 rings (SSSR count). The summed E-state index contributed by atoms with van der Waals surface area (Å²) in [5.74, 6) is -7.91. The normalized spacial score (nSPS) is 10.4. The van der Waals surface area contributed by atoms with E-state index < -0.39 is 34.9 Å². The average molecular weight is 285 g/mol. The van der Waals surface area contributed by atoms with Gasteiger partial charge in [0.25, 0.3) is 5.91 Å². The van der Waals surface area contributed by atoms with Crippen molar-refractivity contribution >= 4 is 17.4 Å². The Morgan fingerprint density at radius 1 is 1.15 bits per heavy atom. The first-order valence-electron chi connectivity index (χ1n) is 5.26. The summed E-state index contributed by atoms with van der Waals surface area (Å²) in [4.78, 5) is 15.4. The number of carbonyl (C=O) groups is 1. The highest BCUT2D eigenvalue weighted by Gasteiger charge is 2.22. The molecule has 3 N–H and O–H groups in total. The van der Waals surface area contributed by atoms with Crippen LogP contribution in [0.15, 0.2) is 24.4 Å². The Labute approximate surface area is 110 Å². The third-order valence-corrected chi connectivity index (χ3v) is 2.43. The molecule has 0 aliphatic heterocycles. The third-order valence-electron chi connectivity index (χ3n) is 2.43. The highest BCUT2D eigenvalue weighted by atomic mass is 19.2. The number of anilines is 2. The largest absolute Gasteiger partial charge is 0.383 e. The average Bonchev–Trinajstić information content (AvgIpc) is 2.41. The molecule has 0 saturated heterocycles. The molecule has 0 bridgehead atoms. The summed E-state index contributed by atoms with van der Waals surface area (Å²) >= 11 is 0. The highest BCUT2D eigenvalue weighted by Crippen LogP contribution is 2.25. The van der Waals surface area contributed by atoms with Gasteiger partial charge >= 0.3 is 0 Å². The number of benzene rings is 1. The molecule has 0 radical (unpaired) electrons. The van der Waals surface area contributed by atoms with Crippen molar-refractivity contribution in [3.63, 3.8) is 0 Å². The van der Waals surface area contributed by atoms with E-state index in [0.717, 1.165) is 0 Å². The molecule has 0 aliphatic rings. The third kappa shape index (κ3) is 2.40. The highest BCUT2D eigenvalue weighted by molar-refractivity contribution is 6.07. The molecule has 1 amide bonds. The van der Waals surface area contributed by atoms with Crippen molar-refractivity contribution in [2.75, 3.05) is 11.1 Å². The molecule has 0 spiro atoms. The number of aromatic nitrogens is 1. The molecule has 8 heteroatoms. The van der Waals surface area contributed by atoms with Crippen molar-refractivity contribution in [1.82, 2.24) is 4.98 Å². The molecule has 1 aromatic carbocycles. The molecular weight excluding hydrogens is 278 g/mol. The minimum Gasteiger partial charge on any atom is -0.383 e. The number of nitrogen functional groups attached to an aromatic ring is 1. The number of nitrogens with zero attached hydrogens (tertiary/aromatic N) is 1. The lowest BCUT2D eigenvalue weighted by molar-refractivity contribution is 0.102. The Balaban J connectivity index is 2.41. The smallest absolute Gasteiger partial charge is 0.259 e. The van der Waals surface area contributed by atoms with Crippen molar-refractivity contribution < 1.29 is 22.4 Å². The second kappa shape index (κ2) is 5.16. The van der Waals surface area contributed by atoms with Crippen molar-refractivity contribution in [3.8, 4) is 0 Å². The SMILES string of the molecule is Nc1ncccc1C(=O)Nc1c(F)c(F)cc(F)c1F. The van der Waals surface area contributed by atoms with E-state index in [1.54, 1.807) is 5.32 Å². The minimum atomic E-state index is -1.71. The number of halogens is 4. The number of rotatable bonds is 2. The molecule has 0 aliphatic carbocycles. The van der Waals surface area contributed by atoms with E-state index in [1.807, 2.05) is 0 Å². The van der Waals surface area contributed by atoms with Crippen LogP contribution in [0.1, 0.15) is 10.4 Å². The predicted molar refractivity (Wildman–Crippen MR) is 62.9 cm³/mol. The molecule has 4 nitrogen and oxygen atoms in total. The van der Waals surface area contributed by atoms with E-state index in [0.29, 0.717) is 0 Å². The van der Waals surface area contributed by atoms with Gasteiger partial charge in [-0.2, -0.15) is 0 Å². The van der Waals surface area contributed by atoms with Crippen LogP contribution < -0.4 is 11.1 Å². The minimum absolute atomic E-state index is 0.0404. The maximum absolute atomic E-state index is 13.4. The molecule has 1 heterocycles. The fraction of sp³-hybridized carbons (Fsp3) is 0. The van der Waals surface area contributed by atoms with Gasteiger partial charge in [0.1, 0.15) is 11.5 Å². The number of hydrogen-bond acceptors (Lipinski definition) is 3. The maximum atomic E-state index is 13.4. The van der Waals surface area contributed by atoms with Crippen LogP contribution in [0.25, 0.3) is 0 Å². The van der Waals surface area contributed by atoms with Gasteiger partial charge < -0.3 is 11.1 Å². The lowest BCUT2D eigenvalue weighted by Gasteiger charge is -2.09. The molecule has 0 unspecified atom stereocenters. The van der Waals surface area contributed by atoms with Gasteiger partial charge in [-0.3, -0.25) is 4.79 Å². The van der Waals surface area contributed by atoms with Gasteiger partial charge in [0, 0.05) is 12.3 Å². The van der Waals surface area contributed by atoms with Crippen molar-refractivity contribution in [2.24, 2.45) is 0 Å². The van der Waals surface area contributed by atoms with Gasteiger partial charge in [0.05, 0.1) is 5.56 Å². The number of carbonyl (C=O) groups excluding carboxylic acids is 1. The van der Waals surface area contributed by atoms with Gasteiger partial charge in [-0.15, -0.1) is 0 Å². The van der Waals surface area contributed by atoms with Gasteiger partial charge in [0.15, 0.2) is 23.3 Å². The van der Waals surface area contributed by atoms with Crippen molar-refractivity contribution in [2.45, 2.75) is 0 Å². The summed E-state index contributed by atoms with van der Waals surface area (Å²) in [6, 6.07) is 2.64. The van der Waals surface area contributed by atoms with E-state index in [1.165, 1.54) is 18.3 Å². The maximum Gasteiger partial charge on any atom is 0.259 e. The number of nitrogens with one attached hydrogen (secondary N) is 1. The van der Waals surface area contributed by atoms with E-state index >= 15 is 0 Å². The summed E-state index contributed by atoms with van der Waals surface area (Å²) in [5, 5.41) is 1.73. The summed E-state index contributed by atoms with van der Waals surface area (Å²) in [6.07, 6.45) is 1.30. The zero-order valence-corrected chi connectivity index (χ0v) is 9.75. The summed E-state index contributed by atoms with van der Waals surface area (Å²) < 4.78 is 52.7. The first-order valence-corrected chi connectivity index (χ1v) is 5.26. The predicted octanol–water partition coefficient (Wildman–Crippen LogP) is 2.47. The molecule has 0 fully saturated rings. The van der Waals surface area contributed by atoms with Gasteiger partial charge in [-0.1, -0.05) is 0 Å². The van der Waals surface area contributed by atoms with E-state index in [4.69, 9.17) is 5.73 Å². The van der Waals surface area contributed by atoms with Gasteiger partial charge in [-0.05, 0) is 12.1 Å². The zero-order chi connectivity index (χ0) is 14.9. The number of hydrogen-bond donors (Lipinski definition) is 2. The first kappa shape index (κ1) is 13.8. The standard InChI is InChI=1S/C12H7F4N3O/c13-6-4-7(14)9(16)10(8(6)15)19-12(20)5-2-1-3-18-11(5)17/h1-4H,(H2,17,18)(H,19,20). The molecule has 20 heavy (non-hydrogen) atoms. The second-order valence-corrected chi connectivity index (χ2v) is 3.73. The van der Waals surface area contributed by atoms with Crippen LogP contribution in [0.4, 0.5) is 29.1 Å². The fourth-order valence-corrected chi connectivity index (χ4v) is 1.47. The van der Waals surface area contributed by atoms with Crippen LogP contribution in [-0.4, -0.2) is 10.9 Å². The number of nitrogens with two attached hydrogens (primary N) is 1. The summed E-state index contributed by atoms with van der Waals surface area (Å²) in [5.41, 5.74) is 3.99. The summed E-state index contributed by atoms with van der Waals surface area (Å²) in [7, 11) is 0. The first-order chi connectivity index (χ1) is 9.41. The topological polar surface area (TPSA) is 68.0 Å². The monoisotopic (exact) mass is 285 g/mol. The Morgan fingerprint density at radius 2 is 1.75 bits per heavy atom. The fourth-order valence-electron chi connectivity index (χ4n) is 1.47. The van der Waals surface area contributed by atoms with Crippen LogP contribution in [0.5, 0.6) is 0 Å². The molecule has 0 atom stereocenters. The Morgan fingerprint density at radius 3 is 2.30 bits per heavy atom. The lowest BCUT2D eigenvalue weighted by Crippen LogP contribution is -2.17. The van der Waals surface area contributed by atoms with Crippen LogP contribution in [0.2, 0.25) is 0 Å². The van der Waals surface area contributed by atoms with Crippen LogP contribution in [0, 0.1) is 23.3 Å². The Bertz CT molecular complexity index is 664. The zero-order valence-electron chi connectivity index (χ0n) is 9.75. The molecule has 1 aromatic heterocycles. The Kier molecular flexibility index (Phi) is 3.55.